The van der Waals surface area contributed by atoms with E-state index in [2.05, 4.69) is 0 Å². The summed E-state index contributed by atoms with van der Waals surface area (Å²) in [5, 5.41) is 0. The number of hydrogen-bond acceptors (Lipinski definition) is 5. The molecule has 2 N–H and O–H groups in total. The molecule has 0 saturated heterocycles. The smallest absolute Gasteiger partial charge is 0.338 e. The van der Waals surface area contributed by atoms with Gasteiger partial charge in [0.05, 0.1) is 18.4 Å². The Labute approximate surface area is 105 Å². The van der Waals surface area contributed by atoms with Crippen LogP contribution in [0.25, 0.3) is 0 Å². The van der Waals surface area contributed by atoms with E-state index in [1.807, 2.05) is 0 Å². The topological polar surface area (TPSA) is 81.9 Å². The molecule has 0 spiro atoms. The van der Waals surface area contributed by atoms with Gasteiger partial charge in [0.1, 0.15) is 5.75 Å². The van der Waals surface area contributed by atoms with E-state index in [1.54, 1.807) is 20.2 Å². The molecule has 0 fully saturated rings. The number of methoxy groups -OCH3 is 1. The molecule has 0 aliphatic rings. The maximum absolute atomic E-state index is 11.7. The molecule has 0 aromatic heterocycles. The number of nitrogens with zero attached hydrogens (tertiary/aromatic N) is 1. The third-order valence-electron chi connectivity index (χ3n) is 2.29. The van der Waals surface area contributed by atoms with Crippen LogP contribution in [0, 0.1) is 0 Å². The van der Waals surface area contributed by atoms with Crippen LogP contribution in [-0.4, -0.2) is 44.6 Å². The van der Waals surface area contributed by atoms with Gasteiger partial charge in [0.25, 0.3) is 5.91 Å². The number of likely N-dealkylation sites (N-methyl/N-ethyl adjacent to an activating group) is 1. The van der Waals surface area contributed by atoms with Crippen LogP contribution in [-0.2, 0) is 9.53 Å². The second-order valence-corrected chi connectivity index (χ2v) is 3.82. The highest BCUT2D eigenvalue weighted by Gasteiger charge is 2.13. The summed E-state index contributed by atoms with van der Waals surface area (Å²) < 4.78 is 9.86. The Kier molecular flexibility index (Phi) is 4.53. The molecule has 1 aromatic carbocycles. The summed E-state index contributed by atoms with van der Waals surface area (Å²) in [5.41, 5.74) is 6.34. The van der Waals surface area contributed by atoms with Gasteiger partial charge < -0.3 is 20.1 Å². The number of benzene rings is 1. The van der Waals surface area contributed by atoms with Crippen LogP contribution in [0.4, 0.5) is 5.69 Å². The molecule has 18 heavy (non-hydrogen) atoms. The number of esters is 1. The number of ether oxygens (including phenoxy) is 2. The first-order valence-electron chi connectivity index (χ1n) is 5.26. The monoisotopic (exact) mass is 252 g/mol. The van der Waals surface area contributed by atoms with E-state index in [9.17, 15) is 9.59 Å². The Morgan fingerprint density at radius 1 is 1.33 bits per heavy atom. The minimum Gasteiger partial charge on any atom is -0.495 e. The molecule has 0 radical (unpaired) electrons. The number of hydrogen-bond donors (Lipinski definition) is 1. The van der Waals surface area contributed by atoms with Gasteiger partial charge in [-0.15, -0.1) is 0 Å². The van der Waals surface area contributed by atoms with Crippen molar-refractivity contribution in [3.8, 4) is 5.75 Å². The Bertz CT molecular complexity index is 457. The molecule has 0 unspecified atom stereocenters. The highest BCUT2D eigenvalue weighted by molar-refractivity contribution is 5.92. The lowest BCUT2D eigenvalue weighted by atomic mass is 10.2. The van der Waals surface area contributed by atoms with E-state index in [0.717, 1.165) is 0 Å². The third-order valence-corrected chi connectivity index (χ3v) is 2.29. The van der Waals surface area contributed by atoms with Crippen molar-refractivity contribution >= 4 is 17.6 Å². The molecule has 1 aromatic rings. The first-order chi connectivity index (χ1) is 8.45. The van der Waals surface area contributed by atoms with E-state index >= 15 is 0 Å². The minimum absolute atomic E-state index is 0.285. The molecule has 0 saturated carbocycles. The number of carbonyl (C=O) groups excluding carboxylic acids is 2. The van der Waals surface area contributed by atoms with E-state index in [1.165, 1.54) is 24.1 Å². The lowest BCUT2D eigenvalue weighted by molar-refractivity contribution is -0.131. The van der Waals surface area contributed by atoms with Gasteiger partial charge in [-0.2, -0.15) is 0 Å². The highest BCUT2D eigenvalue weighted by Crippen LogP contribution is 2.22. The van der Waals surface area contributed by atoms with Crippen LogP contribution in [0.5, 0.6) is 5.75 Å². The fourth-order valence-electron chi connectivity index (χ4n) is 1.18. The summed E-state index contributed by atoms with van der Waals surface area (Å²) >= 11 is 0. The van der Waals surface area contributed by atoms with Gasteiger partial charge >= 0.3 is 5.97 Å². The minimum atomic E-state index is -0.594. The molecule has 0 aliphatic carbocycles. The predicted octanol–water partition coefficient (Wildman–Crippen LogP) is 0.522. The summed E-state index contributed by atoms with van der Waals surface area (Å²) in [4.78, 5) is 24.3. The number of rotatable bonds is 4. The Morgan fingerprint density at radius 3 is 2.56 bits per heavy atom. The van der Waals surface area contributed by atoms with Crippen LogP contribution in [0.2, 0.25) is 0 Å². The molecule has 0 aliphatic heterocycles. The summed E-state index contributed by atoms with van der Waals surface area (Å²) in [6.07, 6.45) is 0. The zero-order chi connectivity index (χ0) is 13.7. The average molecular weight is 252 g/mol. The number of amides is 1. The second kappa shape index (κ2) is 5.90. The van der Waals surface area contributed by atoms with Gasteiger partial charge in [0.2, 0.25) is 0 Å². The molecule has 0 heterocycles. The molecular formula is C12H16N2O4. The van der Waals surface area contributed by atoms with Crippen molar-refractivity contribution in [2.24, 2.45) is 0 Å². The lowest BCUT2D eigenvalue weighted by Gasteiger charge is -2.11. The molecule has 1 amide bonds. The Hall–Kier alpha value is -2.24. The van der Waals surface area contributed by atoms with E-state index in [0.29, 0.717) is 11.4 Å². The van der Waals surface area contributed by atoms with Crippen molar-refractivity contribution < 1.29 is 19.1 Å². The number of nitrogens with two attached hydrogens (primary N) is 1. The van der Waals surface area contributed by atoms with Crippen molar-refractivity contribution in [1.82, 2.24) is 4.90 Å². The zero-order valence-corrected chi connectivity index (χ0v) is 10.6. The second-order valence-electron chi connectivity index (χ2n) is 3.82. The number of carbonyl (C=O) groups is 2. The largest absolute Gasteiger partial charge is 0.495 e. The van der Waals surface area contributed by atoms with Crippen LogP contribution >= 0.6 is 0 Å². The molecule has 6 nitrogen and oxygen atoms in total. The van der Waals surface area contributed by atoms with Gasteiger partial charge in [-0.3, -0.25) is 4.79 Å². The van der Waals surface area contributed by atoms with Gasteiger partial charge in [-0.05, 0) is 18.2 Å². The third kappa shape index (κ3) is 3.38. The van der Waals surface area contributed by atoms with E-state index in [-0.39, 0.29) is 18.1 Å². The van der Waals surface area contributed by atoms with Crippen LogP contribution in [0.1, 0.15) is 10.4 Å². The van der Waals surface area contributed by atoms with E-state index in [4.69, 9.17) is 15.2 Å². The summed E-state index contributed by atoms with van der Waals surface area (Å²) in [6, 6.07) is 4.53. The Morgan fingerprint density at radius 2 is 2.00 bits per heavy atom. The molecule has 98 valence electrons. The van der Waals surface area contributed by atoms with Gasteiger partial charge in [-0.25, -0.2) is 4.79 Å². The molecular weight excluding hydrogens is 236 g/mol. The lowest BCUT2D eigenvalue weighted by Crippen LogP contribution is -2.27. The first kappa shape index (κ1) is 13.8. The van der Waals surface area contributed by atoms with Gasteiger partial charge in [0.15, 0.2) is 6.61 Å². The maximum Gasteiger partial charge on any atom is 0.338 e. The maximum atomic E-state index is 11.7. The Balaban J connectivity index is 2.70. The quantitative estimate of drug-likeness (QED) is 0.624. The van der Waals surface area contributed by atoms with E-state index < -0.39 is 5.97 Å². The average Bonchev–Trinajstić information content (AvgIpc) is 2.35. The van der Waals surface area contributed by atoms with Crippen LogP contribution in [0.15, 0.2) is 18.2 Å². The SMILES string of the molecule is COc1cc(C(=O)OCC(=O)N(C)C)ccc1N. The van der Waals surface area contributed by atoms with Crippen molar-refractivity contribution in [2.75, 3.05) is 33.5 Å². The van der Waals surface area contributed by atoms with Gasteiger partial charge in [-0.1, -0.05) is 0 Å². The fourth-order valence-corrected chi connectivity index (χ4v) is 1.18. The predicted molar refractivity (Wildman–Crippen MR) is 66.4 cm³/mol. The van der Waals surface area contributed by atoms with Crippen molar-refractivity contribution in [1.29, 1.82) is 0 Å². The highest BCUT2D eigenvalue weighted by atomic mass is 16.5. The van der Waals surface area contributed by atoms with Crippen molar-refractivity contribution in [3.63, 3.8) is 0 Å². The van der Waals surface area contributed by atoms with Crippen LogP contribution in [0.3, 0.4) is 0 Å². The standard InChI is InChI=1S/C12H16N2O4/c1-14(2)11(15)7-18-12(16)8-4-5-9(13)10(6-8)17-3/h4-6H,7,13H2,1-3H3. The van der Waals surface area contributed by atoms with Crippen molar-refractivity contribution in [3.05, 3.63) is 23.8 Å². The summed E-state index contributed by atoms with van der Waals surface area (Å²) in [7, 11) is 4.63. The molecule has 1 rings (SSSR count). The molecule has 0 bridgehead atoms. The number of anilines is 1. The molecule has 6 heteroatoms. The summed E-state index contributed by atoms with van der Waals surface area (Å²) in [6.45, 7) is -0.293. The van der Waals surface area contributed by atoms with Crippen LogP contribution < -0.4 is 10.5 Å². The summed E-state index contributed by atoms with van der Waals surface area (Å²) in [5.74, 6) is -0.488. The van der Waals surface area contributed by atoms with Crippen molar-refractivity contribution in [2.45, 2.75) is 0 Å². The number of nitrogen functional groups attached to an aromatic ring is 1. The first-order valence-corrected chi connectivity index (χ1v) is 5.26. The zero-order valence-electron chi connectivity index (χ0n) is 10.6. The fraction of sp³-hybridized carbons (Fsp3) is 0.333. The molecule has 0 atom stereocenters. The van der Waals surface area contributed by atoms with Gasteiger partial charge in [0, 0.05) is 14.1 Å². The normalized spacial score (nSPS) is 9.72.